The number of thioether (sulfide) groups is 1. The van der Waals surface area contributed by atoms with Crippen LogP contribution in [0.3, 0.4) is 0 Å². The average Bonchev–Trinajstić information content (AvgIpc) is 2.74. The lowest BCUT2D eigenvalue weighted by molar-refractivity contribution is -0.121. The fourth-order valence-corrected chi connectivity index (χ4v) is 2.29. The van der Waals surface area contributed by atoms with Crippen molar-refractivity contribution in [2.45, 2.75) is 50.3 Å². The van der Waals surface area contributed by atoms with Gasteiger partial charge >= 0.3 is 0 Å². The van der Waals surface area contributed by atoms with Crippen LogP contribution in [0.4, 0.5) is 0 Å². The second-order valence-corrected chi connectivity index (χ2v) is 6.44. The molecule has 0 unspecified atom stereocenters. The molecule has 1 heterocycles. The molecule has 0 aliphatic carbocycles. The lowest BCUT2D eigenvalue weighted by atomic mass is 9.90. The van der Waals surface area contributed by atoms with Gasteiger partial charge < -0.3 is 9.73 Å². The van der Waals surface area contributed by atoms with E-state index in [9.17, 15) is 10.1 Å². The Morgan fingerprint density at radius 3 is 2.58 bits per heavy atom. The van der Waals surface area contributed by atoms with Crippen LogP contribution in [0.15, 0.2) is 21.6 Å². The molecule has 1 N–H and O–H groups in total. The minimum atomic E-state index is -0.836. The monoisotopic (exact) mass is 280 g/mol. The summed E-state index contributed by atoms with van der Waals surface area (Å²) >= 11 is 1.43. The number of nitrogens with zero attached hydrogens (tertiary/aromatic N) is 1. The van der Waals surface area contributed by atoms with E-state index in [1.807, 2.05) is 33.8 Å². The summed E-state index contributed by atoms with van der Waals surface area (Å²) < 4.78 is 5.20. The Morgan fingerprint density at radius 1 is 1.53 bits per heavy atom. The fraction of sp³-hybridized carbons (Fsp3) is 0.571. The van der Waals surface area contributed by atoms with Crippen molar-refractivity contribution in [1.29, 1.82) is 5.26 Å². The van der Waals surface area contributed by atoms with Crippen molar-refractivity contribution in [2.75, 3.05) is 0 Å². The molecule has 0 bridgehead atoms. The van der Waals surface area contributed by atoms with Crippen LogP contribution in [-0.2, 0) is 4.79 Å². The molecule has 0 fully saturated rings. The maximum Gasteiger partial charge on any atom is 0.234 e. The van der Waals surface area contributed by atoms with Gasteiger partial charge in [-0.25, -0.2) is 0 Å². The van der Waals surface area contributed by atoms with Gasteiger partial charge in [0.1, 0.15) is 11.3 Å². The first-order valence-corrected chi connectivity index (χ1v) is 7.12. The topological polar surface area (TPSA) is 66.0 Å². The molecule has 104 valence electrons. The van der Waals surface area contributed by atoms with Gasteiger partial charge in [-0.15, -0.1) is 11.8 Å². The number of hydrogen-bond acceptors (Lipinski definition) is 4. The van der Waals surface area contributed by atoms with Crippen LogP contribution < -0.4 is 5.32 Å². The first-order valence-electron chi connectivity index (χ1n) is 6.24. The fourth-order valence-electron chi connectivity index (χ4n) is 1.40. The Morgan fingerprint density at radius 2 is 2.16 bits per heavy atom. The van der Waals surface area contributed by atoms with E-state index in [-0.39, 0.29) is 17.1 Å². The number of amides is 1. The van der Waals surface area contributed by atoms with Gasteiger partial charge in [0, 0.05) is 4.90 Å². The summed E-state index contributed by atoms with van der Waals surface area (Å²) in [4.78, 5) is 13.1. The van der Waals surface area contributed by atoms with Crippen molar-refractivity contribution < 1.29 is 9.21 Å². The standard InChI is InChI=1S/C14H20N2O2S/c1-9(2)14(5,8-15)16-13(17)11(4)19-12-6-7-18-10(12)3/h6-7,9,11H,1-5H3,(H,16,17)/t11-,14-/m1/s1. The molecular weight excluding hydrogens is 260 g/mol. The van der Waals surface area contributed by atoms with Crippen LogP contribution >= 0.6 is 11.8 Å². The molecule has 0 aliphatic heterocycles. The predicted molar refractivity (Wildman–Crippen MR) is 75.8 cm³/mol. The van der Waals surface area contributed by atoms with Crippen molar-refractivity contribution in [3.63, 3.8) is 0 Å². The van der Waals surface area contributed by atoms with E-state index in [1.165, 1.54) is 11.8 Å². The van der Waals surface area contributed by atoms with Gasteiger partial charge in [-0.2, -0.15) is 5.26 Å². The Balaban J connectivity index is 2.69. The zero-order valence-corrected chi connectivity index (χ0v) is 12.8. The van der Waals surface area contributed by atoms with Crippen molar-refractivity contribution in [1.82, 2.24) is 5.32 Å². The average molecular weight is 280 g/mol. The maximum atomic E-state index is 12.1. The van der Waals surface area contributed by atoms with Crippen molar-refractivity contribution in [3.05, 3.63) is 18.1 Å². The van der Waals surface area contributed by atoms with Gasteiger partial charge in [-0.1, -0.05) is 13.8 Å². The summed E-state index contributed by atoms with van der Waals surface area (Å²) in [6, 6.07) is 4.02. The summed E-state index contributed by atoms with van der Waals surface area (Å²) in [5.41, 5.74) is -0.836. The second-order valence-electron chi connectivity index (χ2n) is 5.06. The van der Waals surface area contributed by atoms with Crippen LogP contribution in [0.25, 0.3) is 0 Å². The molecule has 1 aromatic heterocycles. The third kappa shape index (κ3) is 3.77. The number of aryl methyl sites for hydroxylation is 1. The SMILES string of the molecule is Cc1occc1S[C@H](C)C(=O)N[C@](C)(C#N)C(C)C. The molecule has 0 saturated carbocycles. The highest BCUT2D eigenvalue weighted by atomic mass is 32.2. The molecular formula is C14H20N2O2S. The third-order valence-electron chi connectivity index (χ3n) is 3.25. The Labute approximate surface area is 118 Å². The number of nitrogens with one attached hydrogen (secondary N) is 1. The van der Waals surface area contributed by atoms with Gasteiger partial charge in [0.15, 0.2) is 0 Å². The summed E-state index contributed by atoms with van der Waals surface area (Å²) in [6.07, 6.45) is 1.61. The molecule has 1 aromatic rings. The van der Waals surface area contributed by atoms with E-state index >= 15 is 0 Å². The Kier molecular flexibility index (Phi) is 5.07. The molecule has 0 aliphatic rings. The minimum Gasteiger partial charge on any atom is -0.468 e. The number of carbonyl (C=O) groups is 1. The van der Waals surface area contributed by atoms with Gasteiger partial charge in [-0.3, -0.25) is 4.79 Å². The molecule has 4 nitrogen and oxygen atoms in total. The number of nitriles is 1. The number of rotatable bonds is 5. The zero-order chi connectivity index (χ0) is 14.6. The van der Waals surface area contributed by atoms with E-state index < -0.39 is 5.54 Å². The highest BCUT2D eigenvalue weighted by molar-refractivity contribution is 8.00. The maximum absolute atomic E-state index is 12.1. The largest absolute Gasteiger partial charge is 0.468 e. The van der Waals surface area contributed by atoms with Crippen LogP contribution in [0.1, 0.15) is 33.5 Å². The second kappa shape index (κ2) is 6.16. The number of hydrogen-bond donors (Lipinski definition) is 1. The smallest absolute Gasteiger partial charge is 0.234 e. The Hall–Kier alpha value is -1.41. The predicted octanol–water partition coefficient (Wildman–Crippen LogP) is 3.12. The van der Waals surface area contributed by atoms with Gasteiger partial charge in [0.05, 0.1) is 17.6 Å². The quantitative estimate of drug-likeness (QED) is 0.842. The van der Waals surface area contributed by atoms with E-state index in [1.54, 1.807) is 13.2 Å². The third-order valence-corrected chi connectivity index (χ3v) is 4.50. The number of carbonyl (C=O) groups excluding carboxylic acids is 1. The molecule has 5 heteroatoms. The summed E-state index contributed by atoms with van der Waals surface area (Å²) in [6.45, 7) is 9.27. The molecule has 0 spiro atoms. The first-order chi connectivity index (χ1) is 8.80. The van der Waals surface area contributed by atoms with Crippen LogP contribution in [0.5, 0.6) is 0 Å². The highest BCUT2D eigenvalue weighted by Gasteiger charge is 2.31. The lowest BCUT2D eigenvalue weighted by Crippen LogP contribution is -2.51. The normalized spacial score (nSPS) is 15.6. The van der Waals surface area contributed by atoms with Crippen molar-refractivity contribution in [3.8, 4) is 6.07 Å². The zero-order valence-electron chi connectivity index (χ0n) is 12.0. The Bertz CT molecular complexity index is 490. The molecule has 19 heavy (non-hydrogen) atoms. The van der Waals surface area contributed by atoms with Gasteiger partial charge in [0.2, 0.25) is 5.91 Å². The molecule has 0 aromatic carbocycles. The molecule has 1 rings (SSSR count). The number of furan rings is 1. The molecule has 0 saturated heterocycles. The summed E-state index contributed by atoms with van der Waals surface area (Å²) in [5, 5.41) is 11.7. The van der Waals surface area contributed by atoms with Gasteiger partial charge in [-0.05, 0) is 32.8 Å². The molecule has 2 atom stereocenters. The first kappa shape index (κ1) is 15.6. The van der Waals surface area contributed by atoms with Crippen LogP contribution in [0, 0.1) is 24.2 Å². The molecule has 0 radical (unpaired) electrons. The van der Waals surface area contributed by atoms with Gasteiger partial charge in [0.25, 0.3) is 0 Å². The highest BCUT2D eigenvalue weighted by Crippen LogP contribution is 2.28. The van der Waals surface area contributed by atoms with Crippen LogP contribution in [0.2, 0.25) is 0 Å². The van der Waals surface area contributed by atoms with E-state index in [4.69, 9.17) is 4.42 Å². The van der Waals surface area contributed by atoms with Crippen LogP contribution in [-0.4, -0.2) is 16.7 Å². The van der Waals surface area contributed by atoms with E-state index in [2.05, 4.69) is 11.4 Å². The summed E-state index contributed by atoms with van der Waals surface area (Å²) in [5.74, 6) is 0.717. The van der Waals surface area contributed by atoms with E-state index in [0.717, 1.165) is 10.7 Å². The van der Waals surface area contributed by atoms with Crippen molar-refractivity contribution >= 4 is 17.7 Å². The minimum absolute atomic E-state index is 0.0503. The summed E-state index contributed by atoms with van der Waals surface area (Å²) in [7, 11) is 0. The van der Waals surface area contributed by atoms with E-state index in [0.29, 0.717) is 0 Å². The molecule has 1 amide bonds. The lowest BCUT2D eigenvalue weighted by Gasteiger charge is -2.28. The van der Waals surface area contributed by atoms with Crippen molar-refractivity contribution in [2.24, 2.45) is 5.92 Å².